The molecule has 4 aliphatic rings. The van der Waals surface area contributed by atoms with Crippen LogP contribution in [0.2, 0.25) is 0 Å². The molecule has 0 aromatic carbocycles. The van der Waals surface area contributed by atoms with Crippen LogP contribution in [0.1, 0.15) is 112 Å². The van der Waals surface area contributed by atoms with E-state index >= 15 is 0 Å². The van der Waals surface area contributed by atoms with E-state index in [1.807, 2.05) is 0 Å². The van der Waals surface area contributed by atoms with Crippen molar-refractivity contribution in [1.29, 1.82) is 0 Å². The highest BCUT2D eigenvalue weighted by atomic mass is 32.1. The molecular weight excluding hydrogens is 380 g/mol. The first-order valence-corrected chi connectivity index (χ1v) is 14.1. The summed E-state index contributed by atoms with van der Waals surface area (Å²) in [6.45, 7) is 15.2. The highest BCUT2D eigenvalue weighted by molar-refractivity contribution is 7.80. The molecule has 0 aromatic rings. The molecule has 9 atom stereocenters. The molecule has 172 valence electrons. The van der Waals surface area contributed by atoms with E-state index in [1.165, 1.54) is 70.6 Å². The lowest BCUT2D eigenvalue weighted by molar-refractivity contribution is -0.0500. The number of fused-ring (bicyclic) bond motifs is 5. The average molecular weight is 431 g/mol. The molecule has 0 radical (unpaired) electrons. The van der Waals surface area contributed by atoms with Crippen LogP contribution >= 0.6 is 12.6 Å². The first-order valence-electron chi connectivity index (χ1n) is 13.6. The summed E-state index contributed by atoms with van der Waals surface area (Å²) in [5, 5.41) is 0.615. The van der Waals surface area contributed by atoms with Gasteiger partial charge in [-0.3, -0.25) is 0 Å². The Morgan fingerprint density at radius 1 is 1.00 bits per heavy atom. The summed E-state index contributed by atoms with van der Waals surface area (Å²) in [6.07, 6.45) is 18.4. The Bertz CT molecular complexity index is 634. The van der Waals surface area contributed by atoms with E-state index in [0.29, 0.717) is 16.1 Å². The van der Waals surface area contributed by atoms with Crippen LogP contribution in [0.5, 0.6) is 0 Å². The molecule has 4 rings (SSSR count). The molecule has 0 spiro atoms. The highest BCUT2D eigenvalue weighted by Gasteiger charge is 2.59. The van der Waals surface area contributed by atoms with Crippen molar-refractivity contribution in [1.82, 2.24) is 0 Å². The molecule has 30 heavy (non-hydrogen) atoms. The maximum absolute atomic E-state index is 4.85. The van der Waals surface area contributed by atoms with Crippen LogP contribution in [0.4, 0.5) is 0 Å². The molecule has 0 unspecified atom stereocenters. The first-order chi connectivity index (χ1) is 14.2. The second kappa shape index (κ2) is 8.79. The third-order valence-electron chi connectivity index (χ3n) is 11.3. The van der Waals surface area contributed by atoms with E-state index in [0.717, 1.165) is 41.4 Å². The van der Waals surface area contributed by atoms with Crippen molar-refractivity contribution in [3.05, 3.63) is 11.6 Å². The number of rotatable bonds is 6. The average Bonchev–Trinajstić information content (AvgIpc) is 3.06. The van der Waals surface area contributed by atoms with Crippen LogP contribution in [0, 0.1) is 52.3 Å². The Morgan fingerprint density at radius 2 is 1.77 bits per heavy atom. The van der Waals surface area contributed by atoms with Gasteiger partial charge in [0.2, 0.25) is 0 Å². The third kappa shape index (κ3) is 3.86. The minimum absolute atomic E-state index is 0.499. The van der Waals surface area contributed by atoms with E-state index in [2.05, 4.69) is 47.6 Å². The maximum Gasteiger partial charge on any atom is 0.00545 e. The monoisotopic (exact) mass is 430 g/mol. The molecule has 0 amide bonds. The summed E-state index contributed by atoms with van der Waals surface area (Å²) < 4.78 is 0. The third-order valence-corrected chi connectivity index (χ3v) is 11.7. The van der Waals surface area contributed by atoms with Crippen molar-refractivity contribution >= 4 is 12.6 Å². The van der Waals surface area contributed by atoms with Crippen molar-refractivity contribution in [3.63, 3.8) is 0 Å². The van der Waals surface area contributed by atoms with Gasteiger partial charge in [-0.1, -0.05) is 66.0 Å². The van der Waals surface area contributed by atoms with Gasteiger partial charge >= 0.3 is 0 Å². The quantitative estimate of drug-likeness (QED) is 0.315. The Kier molecular flexibility index (Phi) is 6.82. The summed E-state index contributed by atoms with van der Waals surface area (Å²) >= 11 is 4.85. The predicted molar refractivity (Wildman–Crippen MR) is 135 cm³/mol. The maximum atomic E-state index is 4.85. The van der Waals surface area contributed by atoms with E-state index < -0.39 is 0 Å². The fourth-order valence-corrected chi connectivity index (χ4v) is 9.63. The molecule has 4 aliphatic carbocycles. The van der Waals surface area contributed by atoms with Gasteiger partial charge in [0.15, 0.2) is 0 Å². The van der Waals surface area contributed by atoms with Crippen LogP contribution < -0.4 is 0 Å². The highest BCUT2D eigenvalue weighted by Crippen LogP contribution is 2.67. The summed E-state index contributed by atoms with van der Waals surface area (Å²) in [4.78, 5) is 0. The molecule has 3 saturated carbocycles. The molecule has 1 heteroatoms. The lowest BCUT2D eigenvalue weighted by atomic mass is 9.47. The molecule has 3 fully saturated rings. The van der Waals surface area contributed by atoms with Crippen LogP contribution in [0.15, 0.2) is 11.6 Å². The standard InChI is InChI=1S/C29H50S/c1-7-21(19(2)3)9-8-20(4)25-12-13-26-24-11-10-22-18-23(30)14-16-28(22,5)27(24)15-17-29(25,26)6/h10,19-21,23-27,30H,7-9,11-18H2,1-6H3/t20-,21+,23+,24+,25-,26+,27+,28+,29-/m1/s1. The summed E-state index contributed by atoms with van der Waals surface area (Å²) in [5.41, 5.74) is 2.90. The van der Waals surface area contributed by atoms with Gasteiger partial charge in [0.1, 0.15) is 0 Å². The summed E-state index contributed by atoms with van der Waals surface area (Å²) in [6, 6.07) is 0. The number of thiol groups is 1. The van der Waals surface area contributed by atoms with Crippen molar-refractivity contribution in [2.24, 2.45) is 52.3 Å². The molecule has 0 N–H and O–H groups in total. The second-order valence-corrected chi connectivity index (χ2v) is 13.6. The van der Waals surface area contributed by atoms with Gasteiger partial charge < -0.3 is 0 Å². The topological polar surface area (TPSA) is 0 Å². The Hall–Kier alpha value is 0.0900. The lowest BCUT2D eigenvalue weighted by Crippen LogP contribution is -2.50. The van der Waals surface area contributed by atoms with Gasteiger partial charge in [0, 0.05) is 5.25 Å². The molecule has 0 saturated heterocycles. The molecule has 0 bridgehead atoms. The zero-order valence-corrected chi connectivity index (χ0v) is 21.8. The Balaban J connectivity index is 1.47. The molecule has 0 nitrogen and oxygen atoms in total. The van der Waals surface area contributed by atoms with Crippen LogP contribution in [0.3, 0.4) is 0 Å². The lowest BCUT2D eigenvalue weighted by Gasteiger charge is -2.58. The van der Waals surface area contributed by atoms with Gasteiger partial charge in [-0.15, -0.1) is 0 Å². The van der Waals surface area contributed by atoms with Crippen LogP contribution in [0.25, 0.3) is 0 Å². The largest absolute Gasteiger partial charge is 0.176 e. The van der Waals surface area contributed by atoms with Crippen molar-refractivity contribution in [2.75, 3.05) is 0 Å². The normalized spacial score (nSPS) is 45.3. The number of hydrogen-bond acceptors (Lipinski definition) is 1. The summed E-state index contributed by atoms with van der Waals surface area (Å²) in [5.74, 6) is 6.56. The number of allylic oxidation sites excluding steroid dienone is 2. The zero-order chi connectivity index (χ0) is 21.7. The fraction of sp³-hybridized carbons (Fsp3) is 0.931. The van der Waals surface area contributed by atoms with Gasteiger partial charge in [0.05, 0.1) is 0 Å². The van der Waals surface area contributed by atoms with Crippen molar-refractivity contribution in [2.45, 2.75) is 117 Å². The molecule has 0 heterocycles. The minimum atomic E-state index is 0.499. The molecule has 0 aromatic heterocycles. The fourth-order valence-electron chi connectivity index (χ4n) is 9.30. The van der Waals surface area contributed by atoms with E-state index in [9.17, 15) is 0 Å². The van der Waals surface area contributed by atoms with Gasteiger partial charge in [-0.25, -0.2) is 0 Å². The number of hydrogen-bond donors (Lipinski definition) is 1. The van der Waals surface area contributed by atoms with Crippen LogP contribution in [-0.4, -0.2) is 5.25 Å². The van der Waals surface area contributed by atoms with Crippen molar-refractivity contribution < 1.29 is 0 Å². The Morgan fingerprint density at radius 3 is 2.47 bits per heavy atom. The van der Waals surface area contributed by atoms with Gasteiger partial charge in [-0.2, -0.15) is 12.6 Å². The SMILES string of the molecule is CC[C@@H](CC[C@@H](C)[C@H]1CC[C@H]2[C@@H]3CC=C4C[C@@H](S)CC[C@]4(C)[C@H]3CC[C@]12C)C(C)C. The van der Waals surface area contributed by atoms with Crippen molar-refractivity contribution in [3.8, 4) is 0 Å². The first kappa shape index (κ1) is 23.3. The second-order valence-electron chi connectivity index (χ2n) is 12.9. The smallest absolute Gasteiger partial charge is 0.00545 e. The zero-order valence-electron chi connectivity index (χ0n) is 20.9. The van der Waals surface area contributed by atoms with E-state index in [4.69, 9.17) is 12.6 Å². The minimum Gasteiger partial charge on any atom is -0.176 e. The molecule has 0 aliphatic heterocycles. The predicted octanol–water partition coefficient (Wildman–Crippen LogP) is 8.96. The van der Waals surface area contributed by atoms with Gasteiger partial charge in [-0.05, 0) is 110 Å². The van der Waals surface area contributed by atoms with Gasteiger partial charge in [0.25, 0.3) is 0 Å². The summed E-state index contributed by atoms with van der Waals surface area (Å²) in [7, 11) is 0. The van der Waals surface area contributed by atoms with E-state index in [-0.39, 0.29) is 0 Å². The Labute approximate surface area is 193 Å². The van der Waals surface area contributed by atoms with Crippen LogP contribution in [-0.2, 0) is 0 Å². The van der Waals surface area contributed by atoms with E-state index in [1.54, 1.807) is 5.57 Å². The molecular formula is C29H50S.